The Morgan fingerprint density at radius 3 is 2.43 bits per heavy atom. The van der Waals surface area contributed by atoms with Gasteiger partial charge >= 0.3 is 5.97 Å². The first kappa shape index (κ1) is 13.8. The van der Waals surface area contributed by atoms with E-state index in [1.165, 1.54) is 0 Å². The van der Waals surface area contributed by atoms with Gasteiger partial charge in [-0.15, -0.1) is 11.3 Å². The highest BCUT2D eigenvalue weighted by Gasteiger charge is 2.57. The molecule has 5 nitrogen and oxygen atoms in total. The molecule has 0 aliphatic heterocycles. The number of thiazole rings is 1. The zero-order valence-electron chi connectivity index (χ0n) is 11.4. The maximum Gasteiger partial charge on any atom is 0.319 e. The summed E-state index contributed by atoms with van der Waals surface area (Å²) in [5.74, 6) is -1.48. The number of hydrogen-bond acceptors (Lipinski definition) is 4. The fourth-order valence-corrected chi connectivity index (χ4v) is 2.76. The van der Waals surface area contributed by atoms with Gasteiger partial charge in [0, 0.05) is 16.6 Å². The van der Waals surface area contributed by atoms with Crippen LogP contribution in [0.1, 0.15) is 17.8 Å². The molecule has 1 saturated carbocycles. The third-order valence-electron chi connectivity index (χ3n) is 3.65. The van der Waals surface area contributed by atoms with Gasteiger partial charge in [0.25, 0.3) is 0 Å². The molecule has 1 amide bonds. The van der Waals surface area contributed by atoms with Gasteiger partial charge in [-0.2, -0.15) is 0 Å². The number of aromatic nitrogens is 1. The molecular formula is C15H14N2O3S. The maximum absolute atomic E-state index is 12.0. The SMILES string of the molecule is Cc1nc(-c2ccc(NC(=O)C3(C(=O)O)CC3)cc2)cs1. The minimum atomic E-state index is -1.22. The zero-order valence-corrected chi connectivity index (χ0v) is 12.2. The zero-order chi connectivity index (χ0) is 15.0. The summed E-state index contributed by atoms with van der Waals surface area (Å²) < 4.78 is 0. The van der Waals surface area contributed by atoms with E-state index in [0.29, 0.717) is 18.5 Å². The molecule has 108 valence electrons. The smallest absolute Gasteiger partial charge is 0.319 e. The van der Waals surface area contributed by atoms with Gasteiger partial charge in [0.1, 0.15) is 5.41 Å². The largest absolute Gasteiger partial charge is 0.480 e. The van der Waals surface area contributed by atoms with Crippen LogP contribution in [-0.2, 0) is 9.59 Å². The number of carbonyl (C=O) groups excluding carboxylic acids is 1. The number of benzene rings is 1. The Morgan fingerprint density at radius 1 is 1.29 bits per heavy atom. The topological polar surface area (TPSA) is 79.3 Å². The lowest BCUT2D eigenvalue weighted by molar-refractivity contribution is -0.147. The normalized spacial score (nSPS) is 15.5. The molecule has 0 saturated heterocycles. The Bertz CT molecular complexity index is 702. The van der Waals surface area contributed by atoms with Crippen LogP contribution in [0.25, 0.3) is 11.3 Å². The van der Waals surface area contributed by atoms with E-state index >= 15 is 0 Å². The molecule has 6 heteroatoms. The summed E-state index contributed by atoms with van der Waals surface area (Å²) in [6.07, 6.45) is 0.814. The predicted molar refractivity (Wildman–Crippen MR) is 80.2 cm³/mol. The number of rotatable bonds is 4. The first-order chi connectivity index (χ1) is 10.0. The summed E-state index contributed by atoms with van der Waals surface area (Å²) in [5.41, 5.74) is 1.25. The Morgan fingerprint density at radius 2 is 1.95 bits per heavy atom. The van der Waals surface area contributed by atoms with E-state index in [1.54, 1.807) is 23.5 Å². The highest BCUT2D eigenvalue weighted by molar-refractivity contribution is 7.09. The molecule has 2 aromatic rings. The average Bonchev–Trinajstić information content (AvgIpc) is 3.17. The van der Waals surface area contributed by atoms with E-state index in [1.807, 2.05) is 24.4 Å². The van der Waals surface area contributed by atoms with Crippen molar-refractivity contribution in [1.82, 2.24) is 4.98 Å². The van der Waals surface area contributed by atoms with E-state index in [-0.39, 0.29) is 0 Å². The maximum atomic E-state index is 12.0. The molecule has 2 N–H and O–H groups in total. The number of nitrogens with one attached hydrogen (secondary N) is 1. The van der Waals surface area contributed by atoms with Crippen LogP contribution in [-0.4, -0.2) is 22.0 Å². The number of carboxylic acids is 1. The Labute approximate surface area is 125 Å². The summed E-state index contributed by atoms with van der Waals surface area (Å²) in [6.45, 7) is 1.95. The van der Waals surface area contributed by atoms with Gasteiger partial charge in [0.15, 0.2) is 0 Å². The van der Waals surface area contributed by atoms with Gasteiger partial charge in [-0.05, 0) is 31.9 Å². The molecule has 1 aliphatic rings. The van der Waals surface area contributed by atoms with Crippen molar-refractivity contribution in [2.24, 2.45) is 5.41 Å². The average molecular weight is 302 g/mol. The Hall–Kier alpha value is -2.21. The summed E-state index contributed by atoms with van der Waals surface area (Å²) in [4.78, 5) is 27.5. The van der Waals surface area contributed by atoms with E-state index in [2.05, 4.69) is 10.3 Å². The van der Waals surface area contributed by atoms with Crippen molar-refractivity contribution in [2.75, 3.05) is 5.32 Å². The fraction of sp³-hybridized carbons (Fsp3) is 0.267. The summed E-state index contributed by atoms with van der Waals surface area (Å²) >= 11 is 1.58. The minimum absolute atomic E-state index is 0.407. The van der Waals surface area contributed by atoms with E-state index < -0.39 is 17.3 Å². The highest BCUT2D eigenvalue weighted by atomic mass is 32.1. The first-order valence-electron chi connectivity index (χ1n) is 6.59. The van der Waals surface area contributed by atoms with Crippen molar-refractivity contribution in [1.29, 1.82) is 0 Å². The van der Waals surface area contributed by atoms with Crippen LogP contribution in [0.2, 0.25) is 0 Å². The molecule has 0 bridgehead atoms. The molecule has 1 aromatic heterocycles. The van der Waals surface area contributed by atoms with Crippen molar-refractivity contribution < 1.29 is 14.7 Å². The molecule has 0 spiro atoms. The van der Waals surface area contributed by atoms with Gasteiger partial charge < -0.3 is 10.4 Å². The fourth-order valence-electron chi connectivity index (χ4n) is 2.13. The number of carbonyl (C=O) groups is 2. The third kappa shape index (κ3) is 2.54. The predicted octanol–water partition coefficient (Wildman–Crippen LogP) is 2.92. The van der Waals surface area contributed by atoms with Crippen LogP contribution in [0.4, 0.5) is 5.69 Å². The van der Waals surface area contributed by atoms with Crippen molar-refractivity contribution in [2.45, 2.75) is 19.8 Å². The Balaban J connectivity index is 1.73. The van der Waals surface area contributed by atoms with E-state index in [9.17, 15) is 9.59 Å². The molecule has 1 fully saturated rings. The summed E-state index contributed by atoms with van der Waals surface area (Å²) in [5, 5.41) is 14.7. The molecule has 21 heavy (non-hydrogen) atoms. The molecule has 0 atom stereocenters. The van der Waals surface area contributed by atoms with E-state index in [4.69, 9.17) is 5.11 Å². The summed E-state index contributed by atoms with van der Waals surface area (Å²) in [7, 11) is 0. The highest BCUT2D eigenvalue weighted by Crippen LogP contribution is 2.46. The molecule has 0 unspecified atom stereocenters. The first-order valence-corrected chi connectivity index (χ1v) is 7.47. The van der Waals surface area contributed by atoms with Crippen LogP contribution in [0.15, 0.2) is 29.6 Å². The van der Waals surface area contributed by atoms with Crippen LogP contribution in [0.3, 0.4) is 0 Å². The van der Waals surface area contributed by atoms with Crippen molar-refractivity contribution in [3.63, 3.8) is 0 Å². The number of hydrogen-bond donors (Lipinski definition) is 2. The lowest BCUT2D eigenvalue weighted by Crippen LogP contribution is -2.31. The van der Waals surface area contributed by atoms with Crippen LogP contribution in [0, 0.1) is 12.3 Å². The number of aliphatic carboxylic acids is 1. The number of amides is 1. The van der Waals surface area contributed by atoms with Crippen LogP contribution >= 0.6 is 11.3 Å². The second-order valence-corrected chi connectivity index (χ2v) is 6.23. The van der Waals surface area contributed by atoms with Crippen LogP contribution in [0.5, 0.6) is 0 Å². The van der Waals surface area contributed by atoms with E-state index in [0.717, 1.165) is 16.3 Å². The second kappa shape index (κ2) is 4.96. The number of anilines is 1. The number of carboxylic acid groups (broad SMARTS) is 1. The van der Waals surface area contributed by atoms with Gasteiger partial charge in [-0.25, -0.2) is 4.98 Å². The third-order valence-corrected chi connectivity index (χ3v) is 4.43. The Kier molecular flexibility index (Phi) is 3.25. The molecule has 1 aromatic carbocycles. The molecule has 1 aliphatic carbocycles. The minimum Gasteiger partial charge on any atom is -0.480 e. The standard InChI is InChI=1S/C15H14N2O3S/c1-9-16-12(8-21-9)10-2-4-11(5-3-10)17-13(18)15(6-7-15)14(19)20/h2-5,8H,6-7H2,1H3,(H,17,18)(H,19,20). The van der Waals surface area contributed by atoms with Crippen molar-refractivity contribution in [3.05, 3.63) is 34.7 Å². The van der Waals surface area contributed by atoms with Gasteiger partial charge in [-0.1, -0.05) is 12.1 Å². The lowest BCUT2D eigenvalue weighted by atomic mass is 10.1. The molecule has 0 radical (unpaired) electrons. The number of aryl methyl sites for hydroxylation is 1. The number of nitrogens with zero attached hydrogens (tertiary/aromatic N) is 1. The van der Waals surface area contributed by atoms with Crippen molar-refractivity contribution in [3.8, 4) is 11.3 Å². The quantitative estimate of drug-likeness (QED) is 0.851. The monoisotopic (exact) mass is 302 g/mol. The molecular weight excluding hydrogens is 288 g/mol. The second-order valence-electron chi connectivity index (χ2n) is 5.17. The molecule has 3 rings (SSSR count). The van der Waals surface area contributed by atoms with Gasteiger partial charge in [-0.3, -0.25) is 9.59 Å². The lowest BCUT2D eigenvalue weighted by Gasteiger charge is -2.11. The van der Waals surface area contributed by atoms with Crippen molar-refractivity contribution >= 4 is 28.9 Å². The molecule has 1 heterocycles. The van der Waals surface area contributed by atoms with Gasteiger partial charge in [0.05, 0.1) is 10.7 Å². The summed E-state index contributed by atoms with van der Waals surface area (Å²) in [6, 6.07) is 7.26. The van der Waals surface area contributed by atoms with Gasteiger partial charge in [0.2, 0.25) is 5.91 Å². The van der Waals surface area contributed by atoms with Crippen LogP contribution < -0.4 is 5.32 Å².